The van der Waals surface area contributed by atoms with Gasteiger partial charge in [-0.05, 0) is 12.1 Å². The van der Waals surface area contributed by atoms with Crippen LogP contribution in [0.1, 0.15) is 22.8 Å². The SMILES string of the molecule is CC(=O)Oc1cccc(C(=O)c2ccccc2)c1N.O.[Na]. The molecule has 0 fully saturated rings. The number of nitrogens with two attached hydrogens (primary N) is 1. The number of carbonyl (C=O) groups is 2. The molecule has 105 valence electrons. The largest absolute Gasteiger partial charge is 0.424 e. The standard InChI is InChI=1S/C15H13NO3.Na.H2O/c1-10(17)19-13-9-5-8-12(14(13)16)15(18)11-6-3-2-4-7-11;;/h2-9H,16H2,1H3;;1H2. The number of hydrogen-bond acceptors (Lipinski definition) is 4. The molecule has 0 saturated carbocycles. The van der Waals surface area contributed by atoms with E-state index in [2.05, 4.69) is 0 Å². The Morgan fingerprint density at radius 2 is 1.62 bits per heavy atom. The van der Waals surface area contributed by atoms with E-state index < -0.39 is 5.97 Å². The van der Waals surface area contributed by atoms with Crippen LogP contribution >= 0.6 is 0 Å². The van der Waals surface area contributed by atoms with Gasteiger partial charge in [-0.15, -0.1) is 0 Å². The molecule has 0 aliphatic rings. The van der Waals surface area contributed by atoms with Crippen LogP contribution in [0.3, 0.4) is 0 Å². The van der Waals surface area contributed by atoms with Gasteiger partial charge in [-0.25, -0.2) is 0 Å². The average molecular weight is 296 g/mol. The third-order valence-electron chi connectivity index (χ3n) is 2.60. The summed E-state index contributed by atoms with van der Waals surface area (Å²) < 4.78 is 4.96. The van der Waals surface area contributed by atoms with Crippen LogP contribution in [0.25, 0.3) is 0 Å². The summed E-state index contributed by atoms with van der Waals surface area (Å²) in [4.78, 5) is 23.2. The molecule has 0 aliphatic heterocycles. The van der Waals surface area contributed by atoms with Crippen LogP contribution in [0.15, 0.2) is 48.5 Å². The van der Waals surface area contributed by atoms with E-state index >= 15 is 0 Å². The van der Waals surface area contributed by atoms with Crippen LogP contribution in [0.5, 0.6) is 5.75 Å². The van der Waals surface area contributed by atoms with E-state index in [0.29, 0.717) is 11.1 Å². The molecule has 1 radical (unpaired) electrons. The first-order valence-corrected chi connectivity index (χ1v) is 5.76. The Balaban J connectivity index is 0.00000200. The summed E-state index contributed by atoms with van der Waals surface area (Å²) in [6.45, 7) is 1.28. The van der Waals surface area contributed by atoms with Gasteiger partial charge in [0.25, 0.3) is 0 Å². The average Bonchev–Trinajstić information content (AvgIpc) is 2.41. The summed E-state index contributed by atoms with van der Waals surface area (Å²) >= 11 is 0. The summed E-state index contributed by atoms with van der Waals surface area (Å²) in [6.07, 6.45) is 0. The van der Waals surface area contributed by atoms with Crippen molar-refractivity contribution in [3.8, 4) is 5.75 Å². The molecule has 0 saturated heterocycles. The second-order valence-corrected chi connectivity index (χ2v) is 4.01. The number of hydrogen-bond donors (Lipinski definition) is 1. The number of nitrogen functional groups attached to an aromatic ring is 1. The van der Waals surface area contributed by atoms with Crippen molar-refractivity contribution in [2.45, 2.75) is 6.92 Å². The van der Waals surface area contributed by atoms with E-state index in [-0.39, 0.29) is 52.3 Å². The van der Waals surface area contributed by atoms with Gasteiger partial charge in [-0.3, -0.25) is 9.59 Å². The van der Waals surface area contributed by atoms with Crippen molar-refractivity contribution in [3.05, 3.63) is 59.7 Å². The second kappa shape index (κ2) is 8.59. The fraction of sp³-hybridized carbons (Fsp3) is 0.0667. The van der Waals surface area contributed by atoms with E-state index in [0.717, 1.165) is 0 Å². The summed E-state index contributed by atoms with van der Waals surface area (Å²) in [7, 11) is 0. The third kappa shape index (κ3) is 4.68. The van der Waals surface area contributed by atoms with Crippen LogP contribution < -0.4 is 10.5 Å². The summed E-state index contributed by atoms with van der Waals surface area (Å²) in [5.74, 6) is -0.475. The Morgan fingerprint density at radius 3 is 2.19 bits per heavy atom. The number of benzene rings is 2. The normalized spacial score (nSPS) is 9.00. The quantitative estimate of drug-likeness (QED) is 0.302. The van der Waals surface area contributed by atoms with Gasteiger partial charge in [-0.1, -0.05) is 36.4 Å². The summed E-state index contributed by atoms with van der Waals surface area (Å²) in [6, 6.07) is 13.6. The number of rotatable bonds is 3. The number of ketones is 1. The minimum Gasteiger partial charge on any atom is -0.424 e. The van der Waals surface area contributed by atoms with Crippen molar-refractivity contribution in [2.75, 3.05) is 5.73 Å². The molecule has 0 amide bonds. The topological polar surface area (TPSA) is 101 Å². The molecule has 5 nitrogen and oxygen atoms in total. The monoisotopic (exact) mass is 296 g/mol. The molecule has 0 aromatic heterocycles. The summed E-state index contributed by atoms with van der Waals surface area (Å²) in [5.41, 5.74) is 6.90. The van der Waals surface area contributed by atoms with E-state index in [4.69, 9.17) is 10.5 Å². The summed E-state index contributed by atoms with van der Waals surface area (Å²) in [5, 5.41) is 0. The van der Waals surface area contributed by atoms with Crippen LogP contribution in [0.4, 0.5) is 5.69 Å². The smallest absolute Gasteiger partial charge is 0.308 e. The van der Waals surface area contributed by atoms with Crippen LogP contribution in [0.2, 0.25) is 0 Å². The molecule has 0 spiro atoms. The molecule has 0 heterocycles. The first-order valence-electron chi connectivity index (χ1n) is 5.76. The molecular weight excluding hydrogens is 281 g/mol. The molecule has 21 heavy (non-hydrogen) atoms. The molecule has 6 heteroatoms. The van der Waals surface area contributed by atoms with Crippen molar-refractivity contribution in [2.24, 2.45) is 0 Å². The number of para-hydroxylation sites is 1. The van der Waals surface area contributed by atoms with Crippen molar-refractivity contribution in [1.29, 1.82) is 0 Å². The Labute approximate surface area is 144 Å². The van der Waals surface area contributed by atoms with Gasteiger partial charge in [0, 0.05) is 47.6 Å². The van der Waals surface area contributed by atoms with Gasteiger partial charge < -0.3 is 15.9 Å². The molecule has 0 unspecified atom stereocenters. The number of ether oxygens (including phenoxy) is 1. The second-order valence-electron chi connectivity index (χ2n) is 4.01. The molecule has 2 rings (SSSR count). The minimum absolute atomic E-state index is 0. The van der Waals surface area contributed by atoms with Gasteiger partial charge >= 0.3 is 5.97 Å². The number of carbonyl (C=O) groups excluding carboxylic acids is 2. The van der Waals surface area contributed by atoms with Crippen LogP contribution in [-0.2, 0) is 4.79 Å². The van der Waals surface area contributed by atoms with Crippen molar-refractivity contribution in [1.82, 2.24) is 0 Å². The molecular formula is C15H15NNaO4. The minimum atomic E-state index is -0.476. The van der Waals surface area contributed by atoms with Gasteiger partial charge in [0.2, 0.25) is 0 Å². The Morgan fingerprint density at radius 1 is 1.00 bits per heavy atom. The fourth-order valence-electron chi connectivity index (χ4n) is 1.73. The van der Waals surface area contributed by atoms with E-state index in [1.807, 2.05) is 6.07 Å². The van der Waals surface area contributed by atoms with Gasteiger partial charge in [0.1, 0.15) is 0 Å². The van der Waals surface area contributed by atoms with Gasteiger partial charge in [0.15, 0.2) is 11.5 Å². The van der Waals surface area contributed by atoms with E-state index in [1.54, 1.807) is 42.5 Å². The molecule has 2 aromatic carbocycles. The van der Waals surface area contributed by atoms with Crippen molar-refractivity contribution >= 4 is 47.0 Å². The first-order chi connectivity index (χ1) is 9.09. The molecule has 0 bridgehead atoms. The van der Waals surface area contributed by atoms with Gasteiger partial charge in [0.05, 0.1) is 5.69 Å². The zero-order chi connectivity index (χ0) is 13.8. The van der Waals surface area contributed by atoms with E-state index in [9.17, 15) is 9.59 Å². The Bertz CT molecular complexity index is 629. The van der Waals surface area contributed by atoms with Crippen LogP contribution in [-0.4, -0.2) is 46.8 Å². The third-order valence-corrected chi connectivity index (χ3v) is 2.60. The fourth-order valence-corrected chi connectivity index (χ4v) is 1.73. The first kappa shape index (κ1) is 19.3. The maximum Gasteiger partial charge on any atom is 0.308 e. The molecule has 0 aliphatic carbocycles. The van der Waals surface area contributed by atoms with E-state index in [1.165, 1.54) is 6.92 Å². The zero-order valence-corrected chi connectivity index (χ0v) is 13.9. The molecule has 0 atom stereocenters. The molecule has 4 N–H and O–H groups in total. The maximum absolute atomic E-state index is 12.3. The number of anilines is 1. The van der Waals surface area contributed by atoms with Crippen molar-refractivity contribution in [3.63, 3.8) is 0 Å². The van der Waals surface area contributed by atoms with Crippen LogP contribution in [0, 0.1) is 0 Å². The predicted molar refractivity (Wildman–Crippen MR) is 81.4 cm³/mol. The Hall–Kier alpha value is -1.66. The number of esters is 1. The van der Waals surface area contributed by atoms with Gasteiger partial charge in [-0.2, -0.15) is 0 Å². The molecule has 2 aromatic rings. The maximum atomic E-state index is 12.3. The zero-order valence-electron chi connectivity index (χ0n) is 11.9. The Kier molecular flexibility index (Phi) is 7.91. The predicted octanol–water partition coefficient (Wildman–Crippen LogP) is 1.22. The van der Waals surface area contributed by atoms with Crippen molar-refractivity contribution < 1.29 is 19.8 Å².